The molecular weight excluding hydrogens is 534 g/mol. The summed E-state index contributed by atoms with van der Waals surface area (Å²) < 4.78 is 149. The quantitative estimate of drug-likeness (QED) is 0.295. The molecule has 0 saturated carbocycles. The van der Waals surface area contributed by atoms with Crippen molar-refractivity contribution in [3.8, 4) is 16.9 Å². The molecule has 0 spiro atoms. The maximum atomic E-state index is 14.8. The van der Waals surface area contributed by atoms with Crippen LogP contribution in [0.4, 0.5) is 43.9 Å². The van der Waals surface area contributed by atoms with Crippen molar-refractivity contribution < 1.29 is 53.4 Å². The van der Waals surface area contributed by atoms with Crippen molar-refractivity contribution in [1.82, 2.24) is 0 Å². The first-order valence-corrected chi connectivity index (χ1v) is 11.2. The molecule has 1 fully saturated rings. The summed E-state index contributed by atoms with van der Waals surface area (Å²) in [7, 11) is 0. The van der Waals surface area contributed by atoms with E-state index in [-0.39, 0.29) is 23.8 Å². The van der Waals surface area contributed by atoms with Crippen molar-refractivity contribution in [3.63, 3.8) is 0 Å². The Morgan fingerprint density at radius 1 is 0.737 bits per heavy atom. The molecule has 204 valence electrons. The Labute approximate surface area is 209 Å². The van der Waals surface area contributed by atoms with Crippen LogP contribution in [0.3, 0.4) is 0 Å². The summed E-state index contributed by atoms with van der Waals surface area (Å²) in [5, 5.41) is 0. The lowest BCUT2D eigenvalue weighted by molar-refractivity contribution is -0.189. The van der Waals surface area contributed by atoms with Gasteiger partial charge in [-0.25, -0.2) is 22.0 Å². The van der Waals surface area contributed by atoms with E-state index in [1.807, 2.05) is 6.92 Å². The van der Waals surface area contributed by atoms with Crippen LogP contribution >= 0.6 is 0 Å². The zero-order valence-corrected chi connectivity index (χ0v) is 19.4. The van der Waals surface area contributed by atoms with Gasteiger partial charge in [-0.15, -0.1) is 0 Å². The van der Waals surface area contributed by atoms with Gasteiger partial charge in [0.2, 0.25) is 0 Å². The first-order chi connectivity index (χ1) is 17.7. The Morgan fingerprint density at radius 3 is 1.82 bits per heavy atom. The van der Waals surface area contributed by atoms with Gasteiger partial charge in [-0.3, -0.25) is 0 Å². The number of rotatable bonds is 5. The zero-order chi connectivity index (χ0) is 28.0. The molecule has 0 aliphatic carbocycles. The minimum Gasteiger partial charge on any atom is -0.429 e. The Morgan fingerprint density at radius 2 is 1.32 bits per heavy atom. The molecule has 0 aromatic heterocycles. The van der Waals surface area contributed by atoms with E-state index in [2.05, 4.69) is 4.74 Å². The Kier molecular flexibility index (Phi) is 7.39. The Bertz CT molecular complexity index is 1300. The first-order valence-electron chi connectivity index (χ1n) is 11.2. The van der Waals surface area contributed by atoms with Crippen LogP contribution in [-0.2, 0) is 17.0 Å². The summed E-state index contributed by atoms with van der Waals surface area (Å²) in [6, 6.07) is 4.22. The molecule has 1 heterocycles. The first kappa shape index (κ1) is 27.7. The summed E-state index contributed by atoms with van der Waals surface area (Å²) in [6.45, 7) is 2.48. The second kappa shape index (κ2) is 10.1. The van der Waals surface area contributed by atoms with Gasteiger partial charge in [0.05, 0.1) is 6.10 Å². The molecule has 0 bridgehead atoms. The lowest BCUT2D eigenvalue weighted by Gasteiger charge is -2.27. The van der Waals surface area contributed by atoms with Gasteiger partial charge in [0.1, 0.15) is 46.0 Å². The minimum absolute atomic E-state index is 0.197. The highest BCUT2D eigenvalue weighted by atomic mass is 19.4. The van der Waals surface area contributed by atoms with Gasteiger partial charge in [-0.2, -0.15) is 22.0 Å². The highest BCUT2D eigenvalue weighted by Crippen LogP contribution is 2.40. The lowest BCUT2D eigenvalue weighted by atomic mass is 9.94. The van der Waals surface area contributed by atoms with Crippen LogP contribution in [-0.4, -0.2) is 6.61 Å². The van der Waals surface area contributed by atoms with Gasteiger partial charge in [0.25, 0.3) is 0 Å². The number of ether oxygens (including phenoxy) is 2. The molecule has 0 amide bonds. The standard InChI is InChI=1S/C26H18F10O2/c1-12-2-5-22(37-11-12)13-3-4-16(17(27)6-13)14-7-18(28)24(19(29)8-14)26(35,36)38-15-9-20(30)23(21(31)10-15)25(32,33)34/h3-4,6-10,12,22H,2,5,11H2,1H3. The van der Waals surface area contributed by atoms with E-state index < -0.39 is 63.8 Å². The summed E-state index contributed by atoms with van der Waals surface area (Å²) in [4.78, 5) is 0. The van der Waals surface area contributed by atoms with Gasteiger partial charge in [-0.05, 0) is 48.1 Å². The van der Waals surface area contributed by atoms with Crippen LogP contribution in [0.25, 0.3) is 11.1 Å². The van der Waals surface area contributed by atoms with E-state index >= 15 is 0 Å². The maximum absolute atomic E-state index is 14.8. The van der Waals surface area contributed by atoms with Crippen molar-refractivity contribution in [2.45, 2.75) is 38.2 Å². The SMILES string of the molecule is CC1CCC(c2ccc(-c3cc(F)c(C(F)(F)Oc4cc(F)c(C(F)(F)F)c(F)c4)c(F)c3)c(F)c2)OC1. The fraction of sp³-hybridized carbons (Fsp3) is 0.308. The average Bonchev–Trinajstić information content (AvgIpc) is 2.77. The van der Waals surface area contributed by atoms with E-state index in [9.17, 15) is 43.9 Å². The predicted octanol–water partition coefficient (Wildman–Crippen LogP) is 8.68. The van der Waals surface area contributed by atoms with Crippen molar-refractivity contribution in [1.29, 1.82) is 0 Å². The molecule has 4 rings (SSSR count). The third kappa shape index (κ3) is 5.59. The van der Waals surface area contributed by atoms with E-state index in [0.29, 0.717) is 36.6 Å². The second-order valence-corrected chi connectivity index (χ2v) is 8.94. The summed E-state index contributed by atoms with van der Waals surface area (Å²) in [5.41, 5.74) is -4.60. The Hall–Kier alpha value is -3.28. The van der Waals surface area contributed by atoms with Crippen molar-refractivity contribution >= 4 is 0 Å². The summed E-state index contributed by atoms with van der Waals surface area (Å²) >= 11 is 0. The van der Waals surface area contributed by atoms with Gasteiger partial charge in [-0.1, -0.05) is 19.1 Å². The number of halogens is 10. The largest absolute Gasteiger partial charge is 0.432 e. The summed E-state index contributed by atoms with van der Waals surface area (Å²) in [6.07, 6.45) is -9.27. The van der Waals surface area contributed by atoms with Crippen molar-refractivity contribution in [3.05, 3.63) is 88.2 Å². The third-order valence-corrected chi connectivity index (χ3v) is 6.06. The van der Waals surface area contributed by atoms with Crippen molar-refractivity contribution in [2.24, 2.45) is 5.92 Å². The third-order valence-electron chi connectivity index (χ3n) is 6.06. The molecule has 0 N–H and O–H groups in total. The predicted molar refractivity (Wildman–Crippen MR) is 115 cm³/mol. The number of benzene rings is 3. The maximum Gasteiger partial charge on any atom is 0.432 e. The van der Waals surface area contributed by atoms with Crippen LogP contribution in [0.1, 0.15) is 42.6 Å². The fourth-order valence-electron chi connectivity index (χ4n) is 4.20. The molecule has 3 aromatic carbocycles. The molecule has 12 heteroatoms. The molecule has 38 heavy (non-hydrogen) atoms. The number of hydrogen-bond donors (Lipinski definition) is 0. The molecule has 2 nitrogen and oxygen atoms in total. The topological polar surface area (TPSA) is 18.5 Å². The molecule has 1 aliphatic heterocycles. The van der Waals surface area contributed by atoms with Crippen LogP contribution in [0.2, 0.25) is 0 Å². The molecule has 2 unspecified atom stereocenters. The molecular formula is C26H18F10O2. The fourth-order valence-corrected chi connectivity index (χ4v) is 4.20. The van der Waals surface area contributed by atoms with Crippen molar-refractivity contribution in [2.75, 3.05) is 6.61 Å². The minimum atomic E-state index is -5.47. The van der Waals surface area contributed by atoms with Crippen LogP contribution in [0, 0.1) is 35.0 Å². The summed E-state index contributed by atoms with van der Waals surface area (Å²) in [5.74, 6) is -10.3. The molecule has 0 radical (unpaired) electrons. The highest BCUT2D eigenvalue weighted by molar-refractivity contribution is 5.65. The molecule has 2 atom stereocenters. The highest BCUT2D eigenvalue weighted by Gasteiger charge is 2.43. The van der Waals surface area contributed by atoms with Gasteiger partial charge in [0.15, 0.2) is 0 Å². The molecule has 1 saturated heterocycles. The van der Waals surface area contributed by atoms with Gasteiger partial charge < -0.3 is 9.47 Å². The van der Waals surface area contributed by atoms with E-state index in [1.54, 1.807) is 0 Å². The molecule has 1 aliphatic rings. The van der Waals surface area contributed by atoms with Gasteiger partial charge >= 0.3 is 12.3 Å². The van der Waals surface area contributed by atoms with Crippen LogP contribution < -0.4 is 4.74 Å². The van der Waals surface area contributed by atoms with Crippen LogP contribution in [0.5, 0.6) is 5.75 Å². The normalized spacial score (nSPS) is 18.5. The van der Waals surface area contributed by atoms with Crippen LogP contribution in [0.15, 0.2) is 42.5 Å². The Balaban J connectivity index is 1.62. The van der Waals surface area contributed by atoms with E-state index in [4.69, 9.17) is 4.74 Å². The van der Waals surface area contributed by atoms with Gasteiger partial charge in [0, 0.05) is 24.3 Å². The zero-order valence-electron chi connectivity index (χ0n) is 19.4. The van der Waals surface area contributed by atoms with E-state index in [0.717, 1.165) is 12.5 Å². The number of hydrogen-bond acceptors (Lipinski definition) is 2. The average molecular weight is 552 g/mol. The monoisotopic (exact) mass is 552 g/mol. The smallest absolute Gasteiger partial charge is 0.429 e. The number of alkyl halides is 5. The second-order valence-electron chi connectivity index (χ2n) is 8.94. The van der Waals surface area contributed by atoms with E-state index in [1.165, 1.54) is 12.1 Å². The molecule has 3 aromatic rings. The lowest BCUT2D eigenvalue weighted by Crippen LogP contribution is -2.25.